The first-order chi connectivity index (χ1) is 10.2. The molecule has 0 saturated carbocycles. The monoisotopic (exact) mass is 282 g/mol. The van der Waals surface area contributed by atoms with E-state index in [1.807, 2.05) is 31.2 Å². The van der Waals surface area contributed by atoms with E-state index < -0.39 is 0 Å². The molecule has 2 heterocycles. The van der Waals surface area contributed by atoms with Crippen LogP contribution in [0.3, 0.4) is 0 Å². The summed E-state index contributed by atoms with van der Waals surface area (Å²) in [5.74, 6) is 1.49. The van der Waals surface area contributed by atoms with Crippen LogP contribution in [0.2, 0.25) is 0 Å². The fraction of sp³-hybridized carbons (Fsp3) is 0.267. The number of hydrogen-bond donors (Lipinski definition) is 2. The number of fused-ring (bicyclic) bond motifs is 1. The van der Waals surface area contributed by atoms with E-state index in [4.69, 9.17) is 5.73 Å². The van der Waals surface area contributed by atoms with Crippen LogP contribution < -0.4 is 11.1 Å². The van der Waals surface area contributed by atoms with E-state index >= 15 is 0 Å². The molecule has 3 N–H and O–H groups in total. The zero-order valence-electron chi connectivity index (χ0n) is 11.9. The minimum absolute atomic E-state index is 0.0212. The predicted octanol–water partition coefficient (Wildman–Crippen LogP) is 1.93. The third-order valence-corrected chi connectivity index (χ3v) is 3.37. The molecule has 0 radical (unpaired) electrons. The largest absolute Gasteiger partial charge is 0.370 e. The van der Waals surface area contributed by atoms with Gasteiger partial charge >= 0.3 is 0 Å². The van der Waals surface area contributed by atoms with Crippen molar-refractivity contribution in [3.63, 3.8) is 0 Å². The molecule has 1 unspecified atom stereocenters. The molecule has 3 rings (SSSR count). The van der Waals surface area contributed by atoms with Crippen LogP contribution in [0, 0.1) is 6.92 Å². The summed E-state index contributed by atoms with van der Waals surface area (Å²) in [7, 11) is 0. The first-order valence-corrected chi connectivity index (χ1v) is 6.96. The van der Waals surface area contributed by atoms with Gasteiger partial charge in [0.2, 0.25) is 0 Å². The Bertz CT molecular complexity index is 721. The average molecular weight is 282 g/mol. The van der Waals surface area contributed by atoms with Gasteiger partial charge in [0.05, 0.1) is 0 Å². The molecule has 6 heteroatoms. The van der Waals surface area contributed by atoms with Gasteiger partial charge in [0, 0.05) is 24.3 Å². The Balaban J connectivity index is 1.66. The molecular formula is C15H18N6. The van der Waals surface area contributed by atoms with Crippen molar-refractivity contribution in [3.8, 4) is 0 Å². The molecule has 0 aliphatic carbocycles. The Hall–Kier alpha value is -2.47. The number of anilines is 1. The molecule has 108 valence electrons. The van der Waals surface area contributed by atoms with E-state index in [-0.39, 0.29) is 6.04 Å². The van der Waals surface area contributed by atoms with Crippen LogP contribution in [-0.2, 0) is 0 Å². The molecule has 3 aromatic rings. The maximum absolute atomic E-state index is 6.19. The number of nitrogens with two attached hydrogens (primary N) is 1. The summed E-state index contributed by atoms with van der Waals surface area (Å²) < 4.78 is 1.70. The minimum atomic E-state index is 0.0212. The van der Waals surface area contributed by atoms with E-state index in [1.54, 1.807) is 4.52 Å². The summed E-state index contributed by atoms with van der Waals surface area (Å²) in [5, 5.41) is 7.52. The quantitative estimate of drug-likeness (QED) is 0.747. The normalized spacial score (nSPS) is 12.5. The molecule has 0 aliphatic rings. The Morgan fingerprint density at radius 3 is 2.90 bits per heavy atom. The van der Waals surface area contributed by atoms with Crippen LogP contribution in [0.15, 0.2) is 42.7 Å². The van der Waals surface area contributed by atoms with E-state index in [1.165, 1.54) is 6.33 Å². The lowest BCUT2D eigenvalue weighted by Gasteiger charge is -2.13. The van der Waals surface area contributed by atoms with Crippen molar-refractivity contribution in [2.75, 3.05) is 11.9 Å². The summed E-state index contributed by atoms with van der Waals surface area (Å²) in [4.78, 5) is 8.42. The van der Waals surface area contributed by atoms with E-state index in [9.17, 15) is 0 Å². The molecule has 0 fully saturated rings. The lowest BCUT2D eigenvalue weighted by atomic mass is 10.1. The second-order valence-corrected chi connectivity index (χ2v) is 4.99. The highest BCUT2D eigenvalue weighted by molar-refractivity contribution is 5.44. The molecule has 0 bridgehead atoms. The van der Waals surface area contributed by atoms with Gasteiger partial charge in [0.25, 0.3) is 5.78 Å². The SMILES string of the molecule is Cc1cc(NCCC(N)c2ccccc2)n2ncnc2n1. The van der Waals surface area contributed by atoms with Gasteiger partial charge in [-0.15, -0.1) is 0 Å². The van der Waals surface area contributed by atoms with Crippen molar-refractivity contribution in [1.29, 1.82) is 0 Å². The van der Waals surface area contributed by atoms with Gasteiger partial charge in [0.1, 0.15) is 12.1 Å². The molecule has 1 aromatic carbocycles. The van der Waals surface area contributed by atoms with Gasteiger partial charge in [-0.05, 0) is 18.9 Å². The van der Waals surface area contributed by atoms with Crippen LogP contribution in [0.5, 0.6) is 0 Å². The maximum atomic E-state index is 6.19. The van der Waals surface area contributed by atoms with Crippen molar-refractivity contribution in [2.24, 2.45) is 5.73 Å². The smallest absolute Gasteiger partial charge is 0.254 e. The summed E-state index contributed by atoms with van der Waals surface area (Å²) in [6.07, 6.45) is 2.34. The molecule has 0 spiro atoms. The Labute approximate surface area is 123 Å². The highest BCUT2D eigenvalue weighted by atomic mass is 15.3. The first-order valence-electron chi connectivity index (χ1n) is 6.96. The number of aromatic nitrogens is 4. The van der Waals surface area contributed by atoms with Crippen LogP contribution in [0.25, 0.3) is 5.78 Å². The molecule has 0 aliphatic heterocycles. The third-order valence-electron chi connectivity index (χ3n) is 3.37. The summed E-state index contributed by atoms with van der Waals surface area (Å²) in [6.45, 7) is 2.70. The van der Waals surface area contributed by atoms with Crippen LogP contribution in [0.4, 0.5) is 5.82 Å². The van der Waals surface area contributed by atoms with Gasteiger partial charge in [0.15, 0.2) is 0 Å². The number of aryl methyl sites for hydroxylation is 1. The van der Waals surface area contributed by atoms with E-state index in [0.717, 1.165) is 30.0 Å². The second kappa shape index (κ2) is 5.88. The van der Waals surface area contributed by atoms with Crippen LogP contribution >= 0.6 is 0 Å². The van der Waals surface area contributed by atoms with Gasteiger partial charge in [-0.3, -0.25) is 0 Å². The molecule has 2 aromatic heterocycles. The summed E-state index contributed by atoms with van der Waals surface area (Å²) >= 11 is 0. The third kappa shape index (κ3) is 3.00. The molecule has 0 saturated heterocycles. The van der Waals surface area contributed by atoms with Crippen molar-refractivity contribution in [2.45, 2.75) is 19.4 Å². The maximum Gasteiger partial charge on any atom is 0.254 e. The number of nitrogens with one attached hydrogen (secondary N) is 1. The summed E-state index contributed by atoms with van der Waals surface area (Å²) in [6, 6.07) is 12.1. The molecule has 1 atom stereocenters. The average Bonchev–Trinajstić information content (AvgIpc) is 2.96. The fourth-order valence-electron chi connectivity index (χ4n) is 2.28. The van der Waals surface area contributed by atoms with Gasteiger partial charge in [-0.2, -0.15) is 14.6 Å². The molecule has 0 amide bonds. The zero-order valence-corrected chi connectivity index (χ0v) is 11.9. The predicted molar refractivity (Wildman–Crippen MR) is 82.0 cm³/mol. The Kier molecular flexibility index (Phi) is 3.79. The second-order valence-electron chi connectivity index (χ2n) is 4.99. The molecule has 21 heavy (non-hydrogen) atoms. The van der Waals surface area contributed by atoms with E-state index in [2.05, 4.69) is 32.5 Å². The van der Waals surface area contributed by atoms with E-state index in [0.29, 0.717) is 5.78 Å². The minimum Gasteiger partial charge on any atom is -0.370 e. The van der Waals surface area contributed by atoms with Crippen molar-refractivity contribution >= 4 is 11.6 Å². The highest BCUT2D eigenvalue weighted by Gasteiger charge is 2.07. The number of benzene rings is 1. The molecular weight excluding hydrogens is 264 g/mol. The Morgan fingerprint density at radius 1 is 1.29 bits per heavy atom. The van der Waals surface area contributed by atoms with Crippen molar-refractivity contribution in [1.82, 2.24) is 19.6 Å². The topological polar surface area (TPSA) is 81.1 Å². The Morgan fingerprint density at radius 2 is 2.10 bits per heavy atom. The van der Waals surface area contributed by atoms with Crippen molar-refractivity contribution in [3.05, 3.63) is 54.0 Å². The zero-order chi connectivity index (χ0) is 14.7. The number of nitrogens with zero attached hydrogens (tertiary/aromatic N) is 4. The summed E-state index contributed by atoms with van der Waals surface area (Å²) in [5.41, 5.74) is 8.25. The van der Waals surface area contributed by atoms with Crippen LogP contribution in [-0.4, -0.2) is 26.1 Å². The van der Waals surface area contributed by atoms with Gasteiger partial charge in [-0.25, -0.2) is 4.98 Å². The van der Waals surface area contributed by atoms with Crippen molar-refractivity contribution < 1.29 is 0 Å². The fourth-order valence-corrected chi connectivity index (χ4v) is 2.28. The standard InChI is InChI=1S/C15H18N6/c1-11-9-14(21-15(20-11)18-10-19-21)17-8-7-13(16)12-5-3-2-4-6-12/h2-6,9-10,13,17H,7-8,16H2,1H3. The lowest BCUT2D eigenvalue weighted by Crippen LogP contribution is -2.16. The number of rotatable bonds is 5. The highest BCUT2D eigenvalue weighted by Crippen LogP contribution is 2.14. The first kappa shape index (κ1) is 13.5. The molecule has 6 nitrogen and oxygen atoms in total. The van der Waals surface area contributed by atoms with Gasteiger partial charge in [-0.1, -0.05) is 30.3 Å². The number of hydrogen-bond acceptors (Lipinski definition) is 5. The lowest BCUT2D eigenvalue weighted by molar-refractivity contribution is 0.672. The van der Waals surface area contributed by atoms with Crippen LogP contribution in [0.1, 0.15) is 23.7 Å². The van der Waals surface area contributed by atoms with Gasteiger partial charge < -0.3 is 11.1 Å².